The molecule has 2 nitrogen and oxygen atoms in total. The quantitative estimate of drug-likeness (QED) is 0.591. The molecule has 1 aromatic rings. The van der Waals surface area contributed by atoms with Gasteiger partial charge in [-0.2, -0.15) is 5.10 Å². The number of nitrogens with one attached hydrogen (secondary N) is 1. The van der Waals surface area contributed by atoms with Crippen LogP contribution in [-0.2, 0) is 5.41 Å². The highest BCUT2D eigenvalue weighted by Crippen LogP contribution is 2.20. The fourth-order valence-electron chi connectivity index (χ4n) is 0.563. The van der Waals surface area contributed by atoms with Crippen molar-refractivity contribution in [3.8, 4) is 0 Å². The molecular formula is C6H11N2P. The highest BCUT2D eigenvalue weighted by atomic mass is 31.0. The van der Waals surface area contributed by atoms with Crippen molar-refractivity contribution in [2.45, 2.75) is 26.2 Å². The van der Waals surface area contributed by atoms with E-state index in [-0.39, 0.29) is 5.41 Å². The third-order valence-electron chi connectivity index (χ3n) is 1.18. The molecule has 0 aromatic carbocycles. The summed E-state index contributed by atoms with van der Waals surface area (Å²) in [5.41, 5.74) is 1.36. The summed E-state index contributed by atoms with van der Waals surface area (Å²) in [6.07, 6.45) is 0. The number of nitrogens with zero attached hydrogens (tertiary/aromatic N) is 1. The van der Waals surface area contributed by atoms with Crippen LogP contribution in [0.1, 0.15) is 26.5 Å². The van der Waals surface area contributed by atoms with Crippen molar-refractivity contribution in [2.24, 2.45) is 0 Å². The number of H-pyrrole nitrogens is 1. The predicted molar refractivity (Wildman–Crippen MR) is 39.8 cm³/mol. The van der Waals surface area contributed by atoms with Gasteiger partial charge in [0.25, 0.3) is 0 Å². The number of aromatic amines is 1. The van der Waals surface area contributed by atoms with Gasteiger partial charge in [-0.25, -0.2) is 0 Å². The van der Waals surface area contributed by atoms with Crippen LogP contribution >= 0.6 is 8.35 Å². The topological polar surface area (TPSA) is 28.7 Å². The van der Waals surface area contributed by atoms with E-state index < -0.39 is 0 Å². The summed E-state index contributed by atoms with van der Waals surface area (Å²) >= 11 is 0. The summed E-state index contributed by atoms with van der Waals surface area (Å²) < 4.78 is 0. The van der Waals surface area contributed by atoms with Crippen LogP contribution in [0.25, 0.3) is 0 Å². The Morgan fingerprint density at radius 2 is 2.22 bits per heavy atom. The molecule has 9 heavy (non-hydrogen) atoms. The smallest absolute Gasteiger partial charge is 0.0723 e. The van der Waals surface area contributed by atoms with E-state index in [1.165, 1.54) is 0 Å². The van der Waals surface area contributed by atoms with E-state index in [9.17, 15) is 0 Å². The van der Waals surface area contributed by atoms with Crippen LogP contribution in [0, 0.1) is 0 Å². The zero-order valence-electron chi connectivity index (χ0n) is 5.97. The molecule has 50 valence electrons. The Hall–Kier alpha value is -0.360. The van der Waals surface area contributed by atoms with Gasteiger partial charge in [-0.05, 0) is 0 Å². The molecule has 1 rings (SSSR count). The Bertz CT molecular complexity index is 173. The van der Waals surface area contributed by atoms with Crippen LogP contribution in [0.15, 0.2) is 5.80 Å². The maximum absolute atomic E-state index is 4.11. The van der Waals surface area contributed by atoms with Crippen molar-refractivity contribution in [1.82, 2.24) is 9.96 Å². The van der Waals surface area contributed by atoms with Gasteiger partial charge < -0.3 is 0 Å². The number of hydrogen-bond acceptors (Lipinski definition) is 1. The molecule has 0 bridgehead atoms. The van der Waals surface area contributed by atoms with Crippen LogP contribution in [0.5, 0.6) is 0 Å². The largest absolute Gasteiger partial charge is 0.260 e. The van der Waals surface area contributed by atoms with Crippen molar-refractivity contribution in [1.29, 1.82) is 0 Å². The van der Waals surface area contributed by atoms with E-state index in [0.717, 1.165) is 14.0 Å². The number of rotatable bonds is 0. The zero-order valence-corrected chi connectivity index (χ0v) is 6.87. The van der Waals surface area contributed by atoms with Crippen molar-refractivity contribution in [2.75, 3.05) is 0 Å². The van der Waals surface area contributed by atoms with Crippen molar-refractivity contribution in [3.63, 3.8) is 0 Å². The average molecular weight is 142 g/mol. The molecule has 1 aromatic heterocycles. The molecule has 0 aliphatic carbocycles. The molecule has 1 N–H and O–H groups in total. The minimum Gasteiger partial charge on any atom is -0.260 e. The van der Waals surface area contributed by atoms with Crippen molar-refractivity contribution in [3.05, 3.63) is 11.5 Å². The lowest BCUT2D eigenvalue weighted by Crippen LogP contribution is -2.11. The predicted octanol–water partition coefficient (Wildman–Crippen LogP) is 2.29. The Balaban J connectivity index is 2.90. The summed E-state index contributed by atoms with van der Waals surface area (Å²) in [5, 5.41) is 4.11. The second-order valence-corrected chi connectivity index (χ2v) is 3.82. The van der Waals surface area contributed by atoms with E-state index in [0.29, 0.717) is 0 Å². The minimum atomic E-state index is 0.205. The molecule has 0 aliphatic heterocycles. The normalized spacial score (nSPS) is 12.8. The number of hydrogen-bond donors (Lipinski definition) is 1. The van der Waals surface area contributed by atoms with Gasteiger partial charge in [-0.1, -0.05) is 20.8 Å². The Kier molecular flexibility index (Phi) is 1.58. The maximum Gasteiger partial charge on any atom is 0.0723 e. The van der Waals surface area contributed by atoms with Crippen LogP contribution in [0.2, 0.25) is 0 Å². The second kappa shape index (κ2) is 2.11. The Labute approximate surface area is 56.8 Å². The van der Waals surface area contributed by atoms with Gasteiger partial charge in [0, 0.05) is 19.6 Å². The first-order valence-corrected chi connectivity index (χ1v) is 3.93. The van der Waals surface area contributed by atoms with E-state index in [2.05, 4.69) is 36.5 Å². The Morgan fingerprint density at radius 1 is 1.56 bits per heavy atom. The third-order valence-corrected chi connectivity index (χ3v) is 1.77. The summed E-state index contributed by atoms with van der Waals surface area (Å²) in [4.78, 5) is 2.88. The molecular weight excluding hydrogens is 131 g/mol. The van der Waals surface area contributed by atoms with Gasteiger partial charge in [0.2, 0.25) is 0 Å². The van der Waals surface area contributed by atoms with Crippen molar-refractivity contribution >= 4 is 8.35 Å². The fraction of sp³-hybridized carbons (Fsp3) is 0.667. The first kappa shape index (κ1) is 6.76. The lowest BCUT2D eigenvalue weighted by Gasteiger charge is -2.13. The van der Waals surface area contributed by atoms with E-state index in [4.69, 9.17) is 0 Å². The monoisotopic (exact) mass is 142 g/mol. The van der Waals surface area contributed by atoms with Gasteiger partial charge >= 0.3 is 0 Å². The van der Waals surface area contributed by atoms with E-state index >= 15 is 0 Å². The molecule has 0 unspecified atom stereocenters. The minimum absolute atomic E-state index is 0.205. The highest BCUT2D eigenvalue weighted by molar-refractivity contribution is 7.24. The highest BCUT2D eigenvalue weighted by Gasteiger charge is 2.14. The molecule has 0 fully saturated rings. The van der Waals surface area contributed by atoms with Crippen LogP contribution in [0.4, 0.5) is 0 Å². The Morgan fingerprint density at radius 3 is 2.44 bits per heavy atom. The first-order chi connectivity index (χ1) is 4.11. The SMILES string of the molecule is CC(C)(C)c1cp[nH]n1. The van der Waals surface area contributed by atoms with Crippen LogP contribution in [-0.4, -0.2) is 9.96 Å². The number of aromatic nitrogens is 2. The molecule has 3 heteroatoms. The van der Waals surface area contributed by atoms with Crippen molar-refractivity contribution < 1.29 is 0 Å². The molecule has 0 atom stereocenters. The lowest BCUT2D eigenvalue weighted by atomic mass is 9.94. The lowest BCUT2D eigenvalue weighted by molar-refractivity contribution is 0.567. The standard InChI is InChI=1S/C6H11N2P/c1-6(2,3)5-4-9-8-7-5/h4H,1-3H3,(H,7,8). The summed E-state index contributed by atoms with van der Waals surface area (Å²) in [7, 11) is 1.11. The second-order valence-electron chi connectivity index (χ2n) is 3.11. The van der Waals surface area contributed by atoms with Gasteiger partial charge in [0.15, 0.2) is 0 Å². The molecule has 0 saturated heterocycles. The van der Waals surface area contributed by atoms with Gasteiger partial charge in [-0.3, -0.25) is 4.86 Å². The molecule has 0 amide bonds. The van der Waals surface area contributed by atoms with Crippen LogP contribution in [0.3, 0.4) is 0 Å². The fourth-order valence-corrected chi connectivity index (χ4v) is 1.35. The average Bonchev–Trinajstić information content (AvgIpc) is 2.08. The van der Waals surface area contributed by atoms with Gasteiger partial charge in [-0.15, -0.1) is 0 Å². The molecule has 0 aliphatic rings. The van der Waals surface area contributed by atoms with E-state index in [1.807, 2.05) is 0 Å². The molecule has 1 heterocycles. The molecule has 0 radical (unpaired) electrons. The van der Waals surface area contributed by atoms with Gasteiger partial charge in [0.1, 0.15) is 0 Å². The van der Waals surface area contributed by atoms with E-state index in [1.54, 1.807) is 0 Å². The first-order valence-electron chi connectivity index (χ1n) is 2.97. The summed E-state index contributed by atoms with van der Waals surface area (Å²) in [6.45, 7) is 6.47. The maximum atomic E-state index is 4.11. The van der Waals surface area contributed by atoms with Gasteiger partial charge in [0.05, 0.1) is 5.69 Å². The summed E-state index contributed by atoms with van der Waals surface area (Å²) in [5.74, 6) is 2.10. The molecule has 0 saturated carbocycles. The third kappa shape index (κ3) is 1.52. The van der Waals surface area contributed by atoms with Crippen LogP contribution < -0.4 is 0 Å². The molecule has 0 spiro atoms. The summed E-state index contributed by atoms with van der Waals surface area (Å²) in [6, 6.07) is 0. The zero-order chi connectivity index (χ0) is 6.91.